The zero-order chi connectivity index (χ0) is 16.7. The van der Waals surface area contributed by atoms with Crippen molar-refractivity contribution in [2.45, 2.75) is 20.3 Å². The van der Waals surface area contributed by atoms with Crippen molar-refractivity contribution in [3.8, 4) is 0 Å². The fourth-order valence-electron chi connectivity index (χ4n) is 2.29. The molecule has 126 valence electrons. The van der Waals surface area contributed by atoms with Gasteiger partial charge in [-0.15, -0.1) is 0 Å². The van der Waals surface area contributed by atoms with E-state index in [9.17, 15) is 9.59 Å². The van der Waals surface area contributed by atoms with Crippen LogP contribution < -0.4 is 0 Å². The number of amides is 2. The highest BCUT2D eigenvalue weighted by Gasteiger charge is 2.22. The van der Waals surface area contributed by atoms with Gasteiger partial charge in [-0.1, -0.05) is 13.8 Å². The van der Waals surface area contributed by atoms with Gasteiger partial charge in [0.05, 0.1) is 12.9 Å². The summed E-state index contributed by atoms with van der Waals surface area (Å²) in [7, 11) is 0. The molecular formula is C17H24N2O4. The van der Waals surface area contributed by atoms with Crippen molar-refractivity contribution >= 4 is 18.1 Å². The van der Waals surface area contributed by atoms with Gasteiger partial charge in [-0.05, 0) is 30.5 Å². The topological polar surface area (TPSA) is 63.0 Å². The molecule has 0 aliphatic carbocycles. The van der Waals surface area contributed by atoms with E-state index < -0.39 is 0 Å². The van der Waals surface area contributed by atoms with Crippen LogP contribution in [0.4, 0.5) is 4.79 Å². The standard InChI is InChI=1S/C17H24N2O4/c1-14(2)13-23-17(21)19-9-4-8-18(10-11-19)16(20)7-6-15-5-3-12-22-15/h3,5-7,12,14H,4,8-11,13H2,1-2H3/b7-6+. The van der Waals surface area contributed by atoms with Crippen LogP contribution in [-0.4, -0.2) is 54.6 Å². The van der Waals surface area contributed by atoms with Crippen LogP contribution in [0, 0.1) is 5.92 Å². The summed E-state index contributed by atoms with van der Waals surface area (Å²) in [5.41, 5.74) is 0. The normalized spacial score (nSPS) is 16.0. The fourth-order valence-corrected chi connectivity index (χ4v) is 2.29. The molecule has 2 rings (SSSR count). The number of furan rings is 1. The van der Waals surface area contributed by atoms with Crippen molar-refractivity contribution in [3.63, 3.8) is 0 Å². The first-order chi connectivity index (χ1) is 11.1. The van der Waals surface area contributed by atoms with Gasteiger partial charge >= 0.3 is 6.09 Å². The molecule has 0 unspecified atom stereocenters. The van der Waals surface area contributed by atoms with Crippen molar-refractivity contribution < 1.29 is 18.7 Å². The smallest absolute Gasteiger partial charge is 0.409 e. The van der Waals surface area contributed by atoms with Gasteiger partial charge in [0.15, 0.2) is 0 Å². The maximum absolute atomic E-state index is 12.2. The van der Waals surface area contributed by atoms with Crippen LogP contribution >= 0.6 is 0 Å². The van der Waals surface area contributed by atoms with Crippen molar-refractivity contribution in [2.75, 3.05) is 32.8 Å². The minimum atomic E-state index is -0.292. The Morgan fingerprint density at radius 3 is 2.70 bits per heavy atom. The predicted octanol–water partition coefficient (Wildman–Crippen LogP) is 2.62. The number of nitrogens with zero attached hydrogens (tertiary/aromatic N) is 2. The van der Waals surface area contributed by atoms with Gasteiger partial charge in [-0.3, -0.25) is 4.79 Å². The molecule has 0 N–H and O–H groups in total. The van der Waals surface area contributed by atoms with Crippen molar-refractivity contribution in [2.24, 2.45) is 5.92 Å². The summed E-state index contributed by atoms with van der Waals surface area (Å²) in [5, 5.41) is 0. The van der Waals surface area contributed by atoms with Crippen LogP contribution in [-0.2, 0) is 9.53 Å². The zero-order valence-corrected chi connectivity index (χ0v) is 13.7. The monoisotopic (exact) mass is 320 g/mol. The van der Waals surface area contributed by atoms with Gasteiger partial charge < -0.3 is 19.0 Å². The Kier molecular flexibility index (Phi) is 6.26. The molecular weight excluding hydrogens is 296 g/mol. The largest absolute Gasteiger partial charge is 0.465 e. The first-order valence-electron chi connectivity index (χ1n) is 7.98. The Bertz CT molecular complexity index is 537. The van der Waals surface area contributed by atoms with Crippen LogP contribution in [0.5, 0.6) is 0 Å². The van der Waals surface area contributed by atoms with Crippen LogP contribution in [0.2, 0.25) is 0 Å². The third kappa shape index (κ3) is 5.47. The molecule has 2 heterocycles. The average molecular weight is 320 g/mol. The second kappa shape index (κ2) is 8.41. The first kappa shape index (κ1) is 17.1. The zero-order valence-electron chi connectivity index (χ0n) is 13.7. The van der Waals surface area contributed by atoms with Crippen LogP contribution in [0.3, 0.4) is 0 Å². The van der Waals surface area contributed by atoms with Gasteiger partial charge in [0.25, 0.3) is 0 Å². The van der Waals surface area contributed by atoms with Gasteiger partial charge in [-0.2, -0.15) is 0 Å². The van der Waals surface area contributed by atoms with E-state index in [1.165, 1.54) is 6.08 Å². The summed E-state index contributed by atoms with van der Waals surface area (Å²) >= 11 is 0. The Morgan fingerprint density at radius 2 is 2.00 bits per heavy atom. The molecule has 2 amide bonds. The van der Waals surface area contributed by atoms with Crippen LogP contribution in [0.1, 0.15) is 26.0 Å². The van der Waals surface area contributed by atoms with E-state index in [-0.39, 0.29) is 12.0 Å². The molecule has 0 spiro atoms. The van der Waals surface area contributed by atoms with E-state index >= 15 is 0 Å². The van der Waals surface area contributed by atoms with Crippen molar-refractivity contribution in [1.82, 2.24) is 9.80 Å². The quantitative estimate of drug-likeness (QED) is 0.800. The molecule has 0 bridgehead atoms. The highest BCUT2D eigenvalue weighted by molar-refractivity contribution is 5.91. The number of hydrogen-bond acceptors (Lipinski definition) is 4. The third-order valence-electron chi connectivity index (χ3n) is 3.54. The number of hydrogen-bond donors (Lipinski definition) is 0. The summed E-state index contributed by atoms with van der Waals surface area (Å²) in [6.07, 6.45) is 5.18. The van der Waals surface area contributed by atoms with Crippen molar-refractivity contribution in [1.29, 1.82) is 0 Å². The van der Waals surface area contributed by atoms with Crippen LogP contribution in [0.15, 0.2) is 28.9 Å². The maximum atomic E-state index is 12.2. The lowest BCUT2D eigenvalue weighted by Crippen LogP contribution is -2.37. The Hall–Kier alpha value is -2.24. The minimum Gasteiger partial charge on any atom is -0.465 e. The summed E-state index contributed by atoms with van der Waals surface area (Å²) < 4.78 is 10.4. The average Bonchev–Trinajstić information content (AvgIpc) is 2.92. The van der Waals surface area contributed by atoms with Gasteiger partial charge in [0.1, 0.15) is 5.76 Å². The van der Waals surface area contributed by atoms with E-state index in [1.807, 2.05) is 13.8 Å². The van der Waals surface area contributed by atoms with E-state index in [2.05, 4.69) is 0 Å². The van der Waals surface area contributed by atoms with E-state index in [1.54, 1.807) is 34.3 Å². The SMILES string of the molecule is CC(C)COC(=O)N1CCCN(C(=O)/C=C/c2ccco2)CC1. The molecule has 0 radical (unpaired) electrons. The molecule has 1 aromatic rings. The highest BCUT2D eigenvalue weighted by Crippen LogP contribution is 2.08. The molecule has 6 heteroatoms. The fraction of sp³-hybridized carbons (Fsp3) is 0.529. The minimum absolute atomic E-state index is 0.0706. The maximum Gasteiger partial charge on any atom is 0.409 e. The summed E-state index contributed by atoms with van der Waals surface area (Å²) in [4.78, 5) is 27.6. The van der Waals surface area contributed by atoms with Crippen molar-refractivity contribution in [3.05, 3.63) is 30.2 Å². The molecule has 0 saturated carbocycles. The molecule has 0 atom stereocenters. The van der Waals surface area contributed by atoms with E-state index in [4.69, 9.17) is 9.15 Å². The molecule has 1 aromatic heterocycles. The first-order valence-corrected chi connectivity index (χ1v) is 7.98. The van der Waals surface area contributed by atoms with Gasteiger partial charge in [-0.25, -0.2) is 4.79 Å². The molecule has 1 saturated heterocycles. The molecule has 1 aliphatic rings. The molecule has 0 aromatic carbocycles. The molecule has 1 fully saturated rings. The van der Waals surface area contributed by atoms with E-state index in [0.29, 0.717) is 44.5 Å². The second-order valence-corrected chi connectivity index (χ2v) is 5.99. The predicted molar refractivity (Wildman–Crippen MR) is 86.7 cm³/mol. The third-order valence-corrected chi connectivity index (χ3v) is 3.54. The molecule has 1 aliphatic heterocycles. The summed E-state index contributed by atoms with van der Waals surface area (Å²) in [5.74, 6) is 0.890. The molecule has 23 heavy (non-hydrogen) atoms. The summed E-state index contributed by atoms with van der Waals surface area (Å²) in [6, 6.07) is 3.56. The number of ether oxygens (including phenoxy) is 1. The molecule has 6 nitrogen and oxygen atoms in total. The highest BCUT2D eigenvalue weighted by atomic mass is 16.6. The van der Waals surface area contributed by atoms with Crippen LogP contribution in [0.25, 0.3) is 6.08 Å². The Labute approximate surface area is 136 Å². The number of carbonyl (C=O) groups is 2. The lowest BCUT2D eigenvalue weighted by atomic mass is 10.2. The Morgan fingerprint density at radius 1 is 1.26 bits per heavy atom. The number of carbonyl (C=O) groups excluding carboxylic acids is 2. The van der Waals surface area contributed by atoms with Gasteiger partial charge in [0.2, 0.25) is 5.91 Å². The van der Waals surface area contributed by atoms with E-state index in [0.717, 1.165) is 6.42 Å². The van der Waals surface area contributed by atoms with Gasteiger partial charge in [0, 0.05) is 32.3 Å². The second-order valence-electron chi connectivity index (χ2n) is 5.99. The lowest BCUT2D eigenvalue weighted by Gasteiger charge is -2.21. The Balaban J connectivity index is 1.83. The lowest BCUT2D eigenvalue weighted by molar-refractivity contribution is -0.125. The number of rotatable bonds is 4. The summed E-state index contributed by atoms with van der Waals surface area (Å²) in [6.45, 7) is 6.68.